The van der Waals surface area contributed by atoms with Crippen LogP contribution >= 0.6 is 0 Å². The van der Waals surface area contributed by atoms with E-state index in [1.165, 1.54) is 18.2 Å². The van der Waals surface area contributed by atoms with E-state index in [0.29, 0.717) is 0 Å². The van der Waals surface area contributed by atoms with Crippen LogP contribution in [0.2, 0.25) is 0 Å². The summed E-state index contributed by atoms with van der Waals surface area (Å²) in [6.45, 7) is 2.07. The fraction of sp³-hybridized carbons (Fsp3) is 0.250. The highest BCUT2D eigenvalue weighted by atomic mass is 19.1. The van der Waals surface area contributed by atoms with Crippen molar-refractivity contribution < 1.29 is 13.5 Å². The molecule has 2 aromatic rings. The molecule has 1 N–H and O–H groups in total. The summed E-state index contributed by atoms with van der Waals surface area (Å²) in [5, 5.41) is 3.11. The first-order valence-corrected chi connectivity index (χ1v) is 6.42. The van der Waals surface area contributed by atoms with Crippen molar-refractivity contribution in [1.82, 2.24) is 5.32 Å². The molecule has 0 aliphatic heterocycles. The van der Waals surface area contributed by atoms with E-state index in [0.717, 1.165) is 11.3 Å². The third kappa shape index (κ3) is 3.33. The first kappa shape index (κ1) is 14.5. The van der Waals surface area contributed by atoms with E-state index in [1.807, 2.05) is 31.2 Å². The fourth-order valence-corrected chi connectivity index (χ4v) is 1.99. The molecule has 0 radical (unpaired) electrons. The maximum absolute atomic E-state index is 13.5. The third-order valence-electron chi connectivity index (χ3n) is 3.24. The van der Waals surface area contributed by atoms with Crippen LogP contribution in [-0.4, -0.2) is 7.11 Å². The second kappa shape index (κ2) is 6.48. The molecule has 0 fully saturated rings. The summed E-state index contributed by atoms with van der Waals surface area (Å²) in [6.07, 6.45) is 0. The standard InChI is InChI=1S/C16H17F2NO/c1-11(12-5-3-6-13(9-12)20-2)19-10-14-15(17)7-4-8-16(14)18/h3-9,11,19H,10H2,1-2H3/t11-/m0/s1. The molecule has 0 heterocycles. The highest BCUT2D eigenvalue weighted by Crippen LogP contribution is 2.20. The Morgan fingerprint density at radius 2 is 1.75 bits per heavy atom. The minimum Gasteiger partial charge on any atom is -0.497 e. The van der Waals surface area contributed by atoms with Crippen molar-refractivity contribution in [2.24, 2.45) is 0 Å². The van der Waals surface area contributed by atoms with Gasteiger partial charge in [0, 0.05) is 18.2 Å². The predicted octanol–water partition coefficient (Wildman–Crippen LogP) is 3.82. The number of nitrogens with one attached hydrogen (secondary N) is 1. The average molecular weight is 277 g/mol. The van der Waals surface area contributed by atoms with Crippen LogP contribution in [0.1, 0.15) is 24.1 Å². The molecular formula is C16H17F2NO. The monoisotopic (exact) mass is 277 g/mol. The smallest absolute Gasteiger partial charge is 0.130 e. The Bertz CT molecular complexity index is 566. The topological polar surface area (TPSA) is 21.3 Å². The van der Waals surface area contributed by atoms with Crippen molar-refractivity contribution in [2.75, 3.05) is 7.11 Å². The maximum Gasteiger partial charge on any atom is 0.130 e. The number of ether oxygens (including phenoxy) is 1. The molecule has 0 saturated heterocycles. The Morgan fingerprint density at radius 3 is 2.40 bits per heavy atom. The van der Waals surface area contributed by atoms with Gasteiger partial charge in [-0.25, -0.2) is 8.78 Å². The Kier molecular flexibility index (Phi) is 4.69. The number of hydrogen-bond acceptors (Lipinski definition) is 2. The summed E-state index contributed by atoms with van der Waals surface area (Å²) in [4.78, 5) is 0. The summed E-state index contributed by atoms with van der Waals surface area (Å²) < 4.78 is 32.2. The zero-order valence-electron chi connectivity index (χ0n) is 11.5. The summed E-state index contributed by atoms with van der Waals surface area (Å²) in [5.41, 5.74) is 1.06. The lowest BCUT2D eigenvalue weighted by Crippen LogP contribution is -2.19. The van der Waals surface area contributed by atoms with Gasteiger partial charge in [-0.15, -0.1) is 0 Å². The summed E-state index contributed by atoms with van der Waals surface area (Å²) in [5.74, 6) is -0.307. The molecule has 0 aromatic heterocycles. The van der Waals surface area contributed by atoms with Gasteiger partial charge >= 0.3 is 0 Å². The van der Waals surface area contributed by atoms with Crippen LogP contribution in [0.25, 0.3) is 0 Å². The maximum atomic E-state index is 13.5. The van der Waals surface area contributed by atoms with E-state index in [4.69, 9.17) is 4.74 Å². The van der Waals surface area contributed by atoms with Gasteiger partial charge in [-0.1, -0.05) is 18.2 Å². The first-order chi connectivity index (χ1) is 9.61. The number of methoxy groups -OCH3 is 1. The van der Waals surface area contributed by atoms with Crippen LogP contribution in [0.3, 0.4) is 0 Å². The fourth-order valence-electron chi connectivity index (χ4n) is 1.99. The van der Waals surface area contributed by atoms with E-state index in [1.54, 1.807) is 7.11 Å². The number of benzene rings is 2. The van der Waals surface area contributed by atoms with Gasteiger partial charge in [0.05, 0.1) is 7.11 Å². The molecule has 1 atom stereocenters. The Morgan fingerprint density at radius 1 is 1.10 bits per heavy atom. The molecule has 106 valence electrons. The van der Waals surface area contributed by atoms with Crippen LogP contribution in [0.4, 0.5) is 8.78 Å². The minimum atomic E-state index is -0.532. The third-order valence-corrected chi connectivity index (χ3v) is 3.24. The molecule has 2 rings (SSSR count). The van der Waals surface area contributed by atoms with E-state index >= 15 is 0 Å². The van der Waals surface area contributed by atoms with Crippen molar-refractivity contribution >= 4 is 0 Å². The first-order valence-electron chi connectivity index (χ1n) is 6.42. The second-order valence-electron chi connectivity index (χ2n) is 4.58. The van der Waals surface area contributed by atoms with Gasteiger partial charge in [-0.3, -0.25) is 0 Å². The number of hydrogen-bond donors (Lipinski definition) is 1. The predicted molar refractivity (Wildman–Crippen MR) is 74.6 cm³/mol. The molecule has 2 aromatic carbocycles. The molecule has 0 unspecified atom stereocenters. The molecule has 0 amide bonds. The lowest BCUT2D eigenvalue weighted by Gasteiger charge is -2.15. The van der Waals surface area contributed by atoms with E-state index in [2.05, 4.69) is 5.32 Å². The van der Waals surface area contributed by atoms with Gasteiger partial charge < -0.3 is 10.1 Å². The molecule has 0 saturated carbocycles. The summed E-state index contributed by atoms with van der Waals surface area (Å²) in [6, 6.07) is 11.4. The van der Waals surface area contributed by atoms with Crippen molar-refractivity contribution in [1.29, 1.82) is 0 Å². The molecule has 0 aliphatic rings. The zero-order valence-corrected chi connectivity index (χ0v) is 11.5. The molecule has 20 heavy (non-hydrogen) atoms. The van der Waals surface area contributed by atoms with Crippen LogP contribution < -0.4 is 10.1 Å². The summed E-state index contributed by atoms with van der Waals surface area (Å²) in [7, 11) is 1.60. The van der Waals surface area contributed by atoms with Gasteiger partial charge in [0.15, 0.2) is 0 Å². The molecule has 4 heteroatoms. The van der Waals surface area contributed by atoms with Crippen LogP contribution in [0.15, 0.2) is 42.5 Å². The van der Waals surface area contributed by atoms with Crippen molar-refractivity contribution in [2.45, 2.75) is 19.5 Å². The van der Waals surface area contributed by atoms with E-state index < -0.39 is 11.6 Å². The van der Waals surface area contributed by atoms with Crippen molar-refractivity contribution in [3.05, 3.63) is 65.2 Å². The summed E-state index contributed by atoms with van der Waals surface area (Å²) >= 11 is 0. The van der Waals surface area contributed by atoms with Gasteiger partial charge in [0.1, 0.15) is 17.4 Å². The van der Waals surface area contributed by atoms with Crippen molar-refractivity contribution in [3.8, 4) is 5.75 Å². The Labute approximate surface area is 117 Å². The Balaban J connectivity index is 2.06. The largest absolute Gasteiger partial charge is 0.497 e. The normalized spacial score (nSPS) is 12.2. The van der Waals surface area contributed by atoms with E-state index in [9.17, 15) is 8.78 Å². The Hall–Kier alpha value is -1.94. The minimum absolute atomic E-state index is 0.0379. The van der Waals surface area contributed by atoms with Gasteiger partial charge in [0.25, 0.3) is 0 Å². The number of rotatable bonds is 5. The van der Waals surface area contributed by atoms with Crippen molar-refractivity contribution in [3.63, 3.8) is 0 Å². The van der Waals surface area contributed by atoms with Crippen LogP contribution in [-0.2, 0) is 6.54 Å². The molecule has 2 nitrogen and oxygen atoms in total. The van der Waals surface area contributed by atoms with Gasteiger partial charge in [-0.2, -0.15) is 0 Å². The molecule has 0 spiro atoms. The van der Waals surface area contributed by atoms with Crippen LogP contribution in [0, 0.1) is 11.6 Å². The lowest BCUT2D eigenvalue weighted by atomic mass is 10.1. The zero-order chi connectivity index (χ0) is 14.5. The quantitative estimate of drug-likeness (QED) is 0.897. The molecule has 0 aliphatic carbocycles. The van der Waals surface area contributed by atoms with Gasteiger partial charge in [0.2, 0.25) is 0 Å². The number of halogens is 2. The highest BCUT2D eigenvalue weighted by Gasteiger charge is 2.11. The molecular weight excluding hydrogens is 260 g/mol. The average Bonchev–Trinajstić information content (AvgIpc) is 2.46. The lowest BCUT2D eigenvalue weighted by molar-refractivity contribution is 0.413. The van der Waals surface area contributed by atoms with E-state index in [-0.39, 0.29) is 18.2 Å². The second-order valence-corrected chi connectivity index (χ2v) is 4.58. The SMILES string of the molecule is COc1cccc([C@H](C)NCc2c(F)cccc2F)c1. The highest BCUT2D eigenvalue weighted by molar-refractivity contribution is 5.30. The molecule has 0 bridgehead atoms. The van der Waals surface area contributed by atoms with Crippen LogP contribution in [0.5, 0.6) is 5.75 Å². The van der Waals surface area contributed by atoms with Gasteiger partial charge in [-0.05, 0) is 36.8 Å².